The largest absolute Gasteiger partial charge is 0.481 e. The summed E-state index contributed by atoms with van der Waals surface area (Å²) < 4.78 is 0. The summed E-state index contributed by atoms with van der Waals surface area (Å²) in [6.07, 6.45) is 2.87. The molecule has 2 fully saturated rings. The van der Waals surface area contributed by atoms with Crippen molar-refractivity contribution >= 4 is 23.8 Å². The van der Waals surface area contributed by atoms with Crippen molar-refractivity contribution in [3.63, 3.8) is 0 Å². The second-order valence-electron chi connectivity index (χ2n) is 6.53. The standard InChI is InChI=1S/C15H26N2O3S/c1-11(2)15(13(18)19)5-6-17(10-15)14(20)16-9-12-3-7-21-8-4-12/h11-12H,3-10H2,1-2H3,(H,16,20)(H,18,19). The van der Waals surface area contributed by atoms with E-state index in [9.17, 15) is 14.7 Å². The van der Waals surface area contributed by atoms with Crippen LogP contribution in [-0.2, 0) is 4.79 Å². The van der Waals surface area contributed by atoms with Crippen molar-refractivity contribution in [1.82, 2.24) is 10.2 Å². The highest BCUT2D eigenvalue weighted by Gasteiger charge is 2.48. The van der Waals surface area contributed by atoms with Gasteiger partial charge in [0.25, 0.3) is 0 Å². The molecule has 0 aromatic heterocycles. The van der Waals surface area contributed by atoms with E-state index in [0.29, 0.717) is 25.4 Å². The molecule has 0 bridgehead atoms. The molecule has 2 aliphatic heterocycles. The van der Waals surface area contributed by atoms with Gasteiger partial charge in [-0.2, -0.15) is 11.8 Å². The normalized spacial score (nSPS) is 27.1. The number of aliphatic carboxylic acids is 1. The van der Waals surface area contributed by atoms with Crippen molar-refractivity contribution < 1.29 is 14.7 Å². The highest BCUT2D eigenvalue weighted by molar-refractivity contribution is 7.99. The van der Waals surface area contributed by atoms with E-state index in [1.807, 2.05) is 25.6 Å². The molecule has 0 spiro atoms. The molecule has 0 aliphatic carbocycles. The number of likely N-dealkylation sites (tertiary alicyclic amines) is 1. The second kappa shape index (κ2) is 6.90. The Morgan fingerprint density at radius 3 is 2.57 bits per heavy atom. The summed E-state index contributed by atoms with van der Waals surface area (Å²) in [5.74, 6) is 2.19. The number of nitrogens with one attached hydrogen (secondary N) is 1. The minimum atomic E-state index is -0.780. The van der Waals surface area contributed by atoms with Crippen molar-refractivity contribution in [2.45, 2.75) is 33.1 Å². The lowest BCUT2D eigenvalue weighted by Crippen LogP contribution is -2.44. The first-order valence-corrected chi connectivity index (χ1v) is 8.95. The van der Waals surface area contributed by atoms with Crippen LogP contribution in [0.4, 0.5) is 4.79 Å². The molecule has 2 rings (SSSR count). The van der Waals surface area contributed by atoms with Crippen molar-refractivity contribution in [2.75, 3.05) is 31.1 Å². The van der Waals surface area contributed by atoms with Gasteiger partial charge in [-0.3, -0.25) is 4.79 Å². The number of carbonyl (C=O) groups excluding carboxylic acids is 1. The van der Waals surface area contributed by atoms with Gasteiger partial charge in [0.15, 0.2) is 0 Å². The topological polar surface area (TPSA) is 69.6 Å². The number of carbonyl (C=O) groups is 2. The van der Waals surface area contributed by atoms with Crippen molar-refractivity contribution in [2.24, 2.45) is 17.3 Å². The van der Waals surface area contributed by atoms with Crippen LogP contribution in [0.25, 0.3) is 0 Å². The number of amides is 2. The Morgan fingerprint density at radius 1 is 1.38 bits per heavy atom. The molecule has 0 saturated carbocycles. The maximum atomic E-state index is 12.2. The van der Waals surface area contributed by atoms with Gasteiger partial charge in [-0.1, -0.05) is 13.8 Å². The molecular weight excluding hydrogens is 288 g/mol. The Kier molecular flexibility index (Phi) is 5.41. The summed E-state index contributed by atoms with van der Waals surface area (Å²) >= 11 is 1.98. The van der Waals surface area contributed by atoms with Crippen molar-refractivity contribution in [3.8, 4) is 0 Å². The summed E-state index contributed by atoms with van der Waals surface area (Å²) in [6, 6.07) is -0.1000. The number of urea groups is 1. The zero-order valence-corrected chi connectivity index (χ0v) is 13.7. The molecule has 0 aromatic carbocycles. The minimum absolute atomic E-state index is 0.0307. The van der Waals surface area contributed by atoms with Crippen LogP contribution >= 0.6 is 11.8 Å². The summed E-state index contributed by atoms with van der Waals surface area (Å²) in [5, 5.41) is 12.5. The Hall–Kier alpha value is -0.910. The molecule has 6 heteroatoms. The van der Waals surface area contributed by atoms with Gasteiger partial charge >= 0.3 is 12.0 Å². The van der Waals surface area contributed by atoms with Crippen molar-refractivity contribution in [1.29, 1.82) is 0 Å². The van der Waals surface area contributed by atoms with Gasteiger partial charge < -0.3 is 15.3 Å². The van der Waals surface area contributed by atoms with Crippen LogP contribution in [-0.4, -0.2) is 53.1 Å². The van der Waals surface area contributed by atoms with E-state index < -0.39 is 11.4 Å². The minimum Gasteiger partial charge on any atom is -0.481 e. The Labute approximate surface area is 130 Å². The fourth-order valence-corrected chi connectivity index (χ4v) is 4.40. The summed E-state index contributed by atoms with van der Waals surface area (Å²) in [7, 11) is 0. The molecule has 0 radical (unpaired) electrons. The molecule has 2 N–H and O–H groups in total. The highest BCUT2D eigenvalue weighted by Crippen LogP contribution is 2.38. The van der Waals surface area contributed by atoms with E-state index in [0.717, 1.165) is 19.4 Å². The quantitative estimate of drug-likeness (QED) is 0.835. The maximum Gasteiger partial charge on any atom is 0.317 e. The third kappa shape index (κ3) is 3.65. The van der Waals surface area contributed by atoms with Gasteiger partial charge in [0, 0.05) is 19.6 Å². The van der Waals surface area contributed by atoms with Gasteiger partial charge in [-0.15, -0.1) is 0 Å². The van der Waals surface area contributed by atoms with Crippen LogP contribution in [0.15, 0.2) is 0 Å². The average Bonchev–Trinajstić information content (AvgIpc) is 2.92. The highest BCUT2D eigenvalue weighted by atomic mass is 32.2. The SMILES string of the molecule is CC(C)C1(C(=O)O)CCN(C(=O)NCC2CCSCC2)C1. The lowest BCUT2D eigenvalue weighted by molar-refractivity contribution is -0.150. The van der Waals surface area contributed by atoms with Crippen LogP contribution in [0.3, 0.4) is 0 Å². The van der Waals surface area contributed by atoms with Gasteiger partial charge in [-0.05, 0) is 42.6 Å². The number of carboxylic acids is 1. The summed E-state index contributed by atoms with van der Waals surface area (Å²) in [6.45, 7) is 5.44. The fourth-order valence-electron chi connectivity index (χ4n) is 3.19. The zero-order chi connectivity index (χ0) is 15.5. The van der Waals surface area contributed by atoms with E-state index in [4.69, 9.17) is 0 Å². The lowest BCUT2D eigenvalue weighted by atomic mass is 9.76. The molecule has 120 valence electrons. The van der Waals surface area contributed by atoms with E-state index in [2.05, 4.69) is 5.32 Å². The van der Waals surface area contributed by atoms with E-state index in [1.54, 1.807) is 4.90 Å². The van der Waals surface area contributed by atoms with Gasteiger partial charge in [-0.25, -0.2) is 4.79 Å². The molecular formula is C15H26N2O3S. The molecule has 2 heterocycles. The molecule has 0 aromatic rings. The predicted molar refractivity (Wildman–Crippen MR) is 84.5 cm³/mol. The number of rotatable bonds is 4. The van der Waals surface area contributed by atoms with Crippen LogP contribution in [0, 0.1) is 17.3 Å². The molecule has 21 heavy (non-hydrogen) atoms. The lowest BCUT2D eigenvalue weighted by Gasteiger charge is -2.29. The van der Waals surface area contributed by atoms with Crippen LogP contribution in [0.1, 0.15) is 33.1 Å². The number of hydrogen-bond acceptors (Lipinski definition) is 3. The number of thioether (sulfide) groups is 1. The molecule has 1 unspecified atom stereocenters. The Bertz CT molecular complexity index is 396. The second-order valence-corrected chi connectivity index (χ2v) is 7.75. The Morgan fingerprint density at radius 2 is 2.05 bits per heavy atom. The number of hydrogen-bond donors (Lipinski definition) is 2. The zero-order valence-electron chi connectivity index (χ0n) is 12.9. The predicted octanol–water partition coefficient (Wildman–Crippen LogP) is 2.27. The number of nitrogens with zero attached hydrogens (tertiary/aromatic N) is 1. The van der Waals surface area contributed by atoms with Gasteiger partial charge in [0.2, 0.25) is 0 Å². The molecule has 2 amide bonds. The third-order valence-electron chi connectivity index (χ3n) is 5.00. The third-order valence-corrected chi connectivity index (χ3v) is 6.05. The summed E-state index contributed by atoms with van der Waals surface area (Å²) in [5.41, 5.74) is -0.779. The monoisotopic (exact) mass is 314 g/mol. The van der Waals surface area contributed by atoms with Gasteiger partial charge in [0.1, 0.15) is 0 Å². The fraction of sp³-hybridized carbons (Fsp3) is 0.867. The molecule has 5 nitrogen and oxygen atoms in total. The molecule has 1 atom stereocenters. The van der Waals surface area contributed by atoms with Crippen LogP contribution in [0.2, 0.25) is 0 Å². The number of carboxylic acid groups (broad SMARTS) is 1. The molecule has 2 saturated heterocycles. The van der Waals surface area contributed by atoms with Gasteiger partial charge in [0.05, 0.1) is 5.41 Å². The average molecular weight is 314 g/mol. The summed E-state index contributed by atoms with van der Waals surface area (Å²) in [4.78, 5) is 25.5. The Balaban J connectivity index is 1.85. The van der Waals surface area contributed by atoms with E-state index >= 15 is 0 Å². The first kappa shape index (κ1) is 16.5. The van der Waals surface area contributed by atoms with Crippen LogP contribution < -0.4 is 5.32 Å². The molecule has 2 aliphatic rings. The maximum absolute atomic E-state index is 12.2. The first-order chi connectivity index (χ1) is 9.95. The first-order valence-electron chi connectivity index (χ1n) is 7.79. The van der Waals surface area contributed by atoms with Crippen molar-refractivity contribution in [3.05, 3.63) is 0 Å². The van der Waals surface area contributed by atoms with E-state index in [-0.39, 0.29) is 11.9 Å². The van der Waals surface area contributed by atoms with Crippen LogP contribution in [0.5, 0.6) is 0 Å². The van der Waals surface area contributed by atoms with E-state index in [1.165, 1.54) is 11.5 Å². The smallest absolute Gasteiger partial charge is 0.317 e.